The van der Waals surface area contributed by atoms with Gasteiger partial charge in [0.1, 0.15) is 0 Å². The van der Waals surface area contributed by atoms with E-state index >= 15 is 0 Å². The number of rotatable bonds is 5. The zero-order valence-electron chi connectivity index (χ0n) is 12.7. The molecule has 1 saturated carbocycles. The number of nitrogens with two attached hydrogens (primary N) is 1. The van der Waals surface area contributed by atoms with Crippen molar-refractivity contribution >= 4 is 11.9 Å². The molecule has 1 amide bonds. The molecule has 6 nitrogen and oxygen atoms in total. The van der Waals surface area contributed by atoms with Crippen LogP contribution in [0.2, 0.25) is 0 Å². The molecule has 0 radical (unpaired) electrons. The van der Waals surface area contributed by atoms with Crippen LogP contribution in [0, 0.1) is 17.3 Å². The van der Waals surface area contributed by atoms with Gasteiger partial charge in [-0.15, -0.1) is 0 Å². The summed E-state index contributed by atoms with van der Waals surface area (Å²) in [6.07, 6.45) is 0.537. The van der Waals surface area contributed by atoms with Crippen LogP contribution in [0.15, 0.2) is 0 Å². The number of carboxylic acids is 1. The standard InChI is InChI=1S/C14H26N2O4/c1-8-10(15)6-5-9(14(8,2)3)12(17)16-7-11(20-4)13(18)19/h8-11H,5-7,15H2,1-4H3,(H,16,17)(H,18,19). The maximum Gasteiger partial charge on any atom is 0.334 e. The average Bonchev–Trinajstić information content (AvgIpc) is 2.36. The van der Waals surface area contributed by atoms with Crippen molar-refractivity contribution < 1.29 is 19.4 Å². The summed E-state index contributed by atoms with van der Waals surface area (Å²) in [4.78, 5) is 23.2. The Morgan fingerprint density at radius 2 is 2.05 bits per heavy atom. The van der Waals surface area contributed by atoms with Gasteiger partial charge in [0.15, 0.2) is 6.10 Å². The van der Waals surface area contributed by atoms with Gasteiger partial charge >= 0.3 is 5.97 Å². The molecule has 0 heterocycles. The van der Waals surface area contributed by atoms with E-state index in [0.717, 1.165) is 12.8 Å². The number of carboxylic acid groups (broad SMARTS) is 1. The Bertz CT molecular complexity index is 370. The molecule has 20 heavy (non-hydrogen) atoms. The maximum absolute atomic E-state index is 12.3. The first kappa shape index (κ1) is 16.9. The predicted molar refractivity (Wildman–Crippen MR) is 75.1 cm³/mol. The van der Waals surface area contributed by atoms with Crippen molar-refractivity contribution in [2.45, 2.75) is 45.8 Å². The Morgan fingerprint density at radius 3 is 2.55 bits per heavy atom. The van der Waals surface area contributed by atoms with E-state index in [1.165, 1.54) is 7.11 Å². The van der Waals surface area contributed by atoms with Crippen LogP contribution in [0.5, 0.6) is 0 Å². The summed E-state index contributed by atoms with van der Waals surface area (Å²) in [5.41, 5.74) is 5.87. The molecule has 0 aromatic carbocycles. The number of aliphatic carboxylic acids is 1. The second-order valence-corrected chi connectivity index (χ2v) is 6.21. The van der Waals surface area contributed by atoms with Crippen LogP contribution >= 0.6 is 0 Å². The number of hydrogen-bond acceptors (Lipinski definition) is 4. The molecule has 0 spiro atoms. The number of carbonyl (C=O) groups excluding carboxylic acids is 1. The fraction of sp³-hybridized carbons (Fsp3) is 0.857. The molecule has 1 aliphatic rings. The van der Waals surface area contributed by atoms with Crippen LogP contribution in [-0.4, -0.2) is 42.8 Å². The van der Waals surface area contributed by atoms with Gasteiger partial charge in [0.2, 0.25) is 5.91 Å². The minimum absolute atomic E-state index is 0.0162. The first-order valence-corrected chi connectivity index (χ1v) is 7.00. The van der Waals surface area contributed by atoms with E-state index in [-0.39, 0.29) is 35.7 Å². The number of amides is 1. The molecule has 4 N–H and O–H groups in total. The van der Waals surface area contributed by atoms with Gasteiger partial charge in [-0.1, -0.05) is 20.8 Å². The lowest BCUT2D eigenvalue weighted by molar-refractivity contribution is -0.148. The molecule has 0 aliphatic heterocycles. The molecule has 1 aliphatic carbocycles. The van der Waals surface area contributed by atoms with Crippen LogP contribution in [0.4, 0.5) is 0 Å². The van der Waals surface area contributed by atoms with Gasteiger partial charge in [-0.25, -0.2) is 4.79 Å². The molecule has 0 aromatic rings. The van der Waals surface area contributed by atoms with Crippen LogP contribution in [0.1, 0.15) is 33.6 Å². The predicted octanol–water partition coefficient (Wildman–Crippen LogP) is 0.602. The van der Waals surface area contributed by atoms with Gasteiger partial charge in [-0.05, 0) is 24.2 Å². The summed E-state index contributed by atoms with van der Waals surface area (Å²) in [7, 11) is 1.32. The zero-order valence-corrected chi connectivity index (χ0v) is 12.7. The summed E-state index contributed by atoms with van der Waals surface area (Å²) in [6.45, 7) is 6.15. The Balaban J connectivity index is 2.65. The fourth-order valence-electron chi connectivity index (χ4n) is 2.91. The van der Waals surface area contributed by atoms with Crippen LogP contribution < -0.4 is 11.1 Å². The highest BCUT2D eigenvalue weighted by atomic mass is 16.5. The van der Waals surface area contributed by atoms with Gasteiger partial charge in [-0.2, -0.15) is 0 Å². The second kappa shape index (κ2) is 6.54. The van der Waals surface area contributed by atoms with Crippen molar-refractivity contribution in [3.05, 3.63) is 0 Å². The molecule has 0 aromatic heterocycles. The Morgan fingerprint density at radius 1 is 1.45 bits per heavy atom. The van der Waals surface area contributed by atoms with E-state index < -0.39 is 12.1 Å². The highest BCUT2D eigenvalue weighted by Gasteiger charge is 2.45. The molecule has 1 fully saturated rings. The first-order chi connectivity index (χ1) is 9.21. The minimum atomic E-state index is -1.08. The molecule has 116 valence electrons. The number of methoxy groups -OCH3 is 1. The summed E-state index contributed by atoms with van der Waals surface area (Å²) < 4.78 is 4.81. The zero-order chi connectivity index (χ0) is 15.5. The van der Waals surface area contributed by atoms with E-state index in [4.69, 9.17) is 15.6 Å². The Kier molecular flexibility index (Phi) is 5.53. The van der Waals surface area contributed by atoms with Crippen molar-refractivity contribution in [3.8, 4) is 0 Å². The SMILES string of the molecule is COC(CNC(=O)C1CCC(N)C(C)C1(C)C)C(=O)O. The van der Waals surface area contributed by atoms with Gasteiger partial charge in [0.05, 0.1) is 6.54 Å². The van der Waals surface area contributed by atoms with E-state index in [0.29, 0.717) is 0 Å². The van der Waals surface area contributed by atoms with Crippen molar-refractivity contribution in [2.75, 3.05) is 13.7 Å². The third-order valence-electron chi connectivity index (χ3n) is 4.84. The first-order valence-electron chi connectivity index (χ1n) is 7.00. The lowest BCUT2D eigenvalue weighted by atomic mass is 9.61. The average molecular weight is 286 g/mol. The highest BCUT2D eigenvalue weighted by molar-refractivity contribution is 5.81. The van der Waals surface area contributed by atoms with E-state index in [9.17, 15) is 9.59 Å². The van der Waals surface area contributed by atoms with Gasteiger partial charge in [0, 0.05) is 19.1 Å². The molecule has 4 atom stereocenters. The molecule has 6 heteroatoms. The topological polar surface area (TPSA) is 102 Å². The monoisotopic (exact) mass is 286 g/mol. The van der Waals surface area contributed by atoms with Crippen molar-refractivity contribution in [1.29, 1.82) is 0 Å². The number of hydrogen-bond donors (Lipinski definition) is 3. The molecule has 4 unspecified atom stereocenters. The second-order valence-electron chi connectivity index (χ2n) is 6.21. The van der Waals surface area contributed by atoms with Crippen LogP contribution in [0.3, 0.4) is 0 Å². The van der Waals surface area contributed by atoms with Crippen LogP contribution in [0.25, 0.3) is 0 Å². The molecular weight excluding hydrogens is 260 g/mol. The number of ether oxygens (including phenoxy) is 1. The lowest BCUT2D eigenvalue weighted by Crippen LogP contribution is -2.52. The van der Waals surface area contributed by atoms with Gasteiger partial charge in [0.25, 0.3) is 0 Å². The third-order valence-corrected chi connectivity index (χ3v) is 4.84. The highest BCUT2D eigenvalue weighted by Crippen LogP contribution is 2.44. The fourth-order valence-corrected chi connectivity index (χ4v) is 2.91. The molecule has 1 rings (SSSR count). The largest absolute Gasteiger partial charge is 0.479 e. The van der Waals surface area contributed by atoms with E-state index in [1.807, 2.05) is 13.8 Å². The van der Waals surface area contributed by atoms with Crippen molar-refractivity contribution in [1.82, 2.24) is 5.32 Å². The third kappa shape index (κ3) is 3.49. The summed E-state index contributed by atoms with van der Waals surface area (Å²) in [6, 6.07) is 0.111. The summed E-state index contributed by atoms with van der Waals surface area (Å²) >= 11 is 0. The smallest absolute Gasteiger partial charge is 0.334 e. The van der Waals surface area contributed by atoms with E-state index in [1.54, 1.807) is 0 Å². The Hall–Kier alpha value is -1.14. The van der Waals surface area contributed by atoms with Gasteiger partial charge < -0.3 is 20.9 Å². The maximum atomic E-state index is 12.3. The lowest BCUT2D eigenvalue weighted by Gasteiger charge is -2.46. The molecule has 0 saturated heterocycles. The summed E-state index contributed by atoms with van der Waals surface area (Å²) in [5.74, 6) is -1.10. The number of nitrogens with one attached hydrogen (secondary N) is 1. The molecule has 0 bridgehead atoms. The van der Waals surface area contributed by atoms with Crippen molar-refractivity contribution in [3.63, 3.8) is 0 Å². The van der Waals surface area contributed by atoms with E-state index in [2.05, 4.69) is 12.2 Å². The quantitative estimate of drug-likeness (QED) is 0.687. The summed E-state index contributed by atoms with van der Waals surface area (Å²) in [5, 5.41) is 11.6. The number of carbonyl (C=O) groups is 2. The van der Waals surface area contributed by atoms with Gasteiger partial charge in [-0.3, -0.25) is 4.79 Å². The molecular formula is C14H26N2O4. The Labute approximate surface area is 120 Å². The normalized spacial score (nSPS) is 30.6. The minimum Gasteiger partial charge on any atom is -0.479 e. The van der Waals surface area contributed by atoms with Crippen LogP contribution in [-0.2, 0) is 14.3 Å². The van der Waals surface area contributed by atoms with Crippen molar-refractivity contribution in [2.24, 2.45) is 23.0 Å².